The van der Waals surface area contributed by atoms with E-state index in [1.165, 1.54) is 64.5 Å². The van der Waals surface area contributed by atoms with E-state index < -0.39 is 0 Å². The van der Waals surface area contributed by atoms with E-state index in [2.05, 4.69) is 24.5 Å². The van der Waals surface area contributed by atoms with Gasteiger partial charge in [-0.25, -0.2) is 0 Å². The van der Waals surface area contributed by atoms with Gasteiger partial charge in [0.1, 0.15) is 0 Å². The average Bonchev–Trinajstić information content (AvgIpc) is 2.30. The first-order chi connectivity index (χ1) is 7.38. The summed E-state index contributed by atoms with van der Waals surface area (Å²) in [6, 6.07) is 0.859. The lowest BCUT2D eigenvalue weighted by Gasteiger charge is -2.34. The van der Waals surface area contributed by atoms with Gasteiger partial charge < -0.3 is 4.90 Å². The molecule has 0 spiro atoms. The predicted molar refractivity (Wildman–Crippen MR) is 71.8 cm³/mol. The molecular weight excluding hydrogens is 202 g/mol. The van der Waals surface area contributed by atoms with Crippen molar-refractivity contribution in [1.29, 1.82) is 0 Å². The van der Waals surface area contributed by atoms with Crippen molar-refractivity contribution in [3.05, 3.63) is 0 Å². The Hall–Kier alpha value is 0.310. The highest BCUT2D eigenvalue weighted by Crippen LogP contribution is 2.19. The van der Waals surface area contributed by atoms with E-state index in [9.17, 15) is 0 Å². The molecule has 1 aliphatic heterocycles. The monoisotopic (exact) mass is 229 g/mol. The Morgan fingerprint density at radius 2 is 1.73 bits per heavy atom. The van der Waals surface area contributed by atoms with Crippen LogP contribution in [-0.2, 0) is 0 Å². The average molecular weight is 229 g/mol. The van der Waals surface area contributed by atoms with E-state index in [1.54, 1.807) is 0 Å². The molecule has 90 valence electrons. The van der Waals surface area contributed by atoms with E-state index in [0.717, 1.165) is 11.8 Å². The number of rotatable bonds is 7. The van der Waals surface area contributed by atoms with Crippen molar-refractivity contribution in [2.24, 2.45) is 0 Å². The normalized spacial score (nSPS) is 20.4. The first kappa shape index (κ1) is 13.4. The van der Waals surface area contributed by atoms with Crippen LogP contribution in [0.5, 0.6) is 0 Å². The minimum absolute atomic E-state index is 0.859. The van der Waals surface area contributed by atoms with E-state index >= 15 is 0 Å². The van der Waals surface area contributed by atoms with Crippen molar-refractivity contribution >= 4 is 12.6 Å². The van der Waals surface area contributed by atoms with Crippen molar-refractivity contribution in [2.45, 2.75) is 64.3 Å². The van der Waals surface area contributed by atoms with Crippen LogP contribution in [0.2, 0.25) is 0 Å². The summed E-state index contributed by atoms with van der Waals surface area (Å²) in [6.07, 6.45) is 11.1. The molecule has 0 N–H and O–H groups in total. The molecule has 1 nitrogen and oxygen atoms in total. The van der Waals surface area contributed by atoms with Crippen molar-refractivity contribution in [3.8, 4) is 0 Å². The zero-order chi connectivity index (χ0) is 10.9. The van der Waals surface area contributed by atoms with E-state index in [1.807, 2.05) is 0 Å². The Labute approximate surface area is 101 Å². The number of thiol groups is 1. The highest BCUT2D eigenvalue weighted by molar-refractivity contribution is 7.80. The van der Waals surface area contributed by atoms with E-state index in [-0.39, 0.29) is 0 Å². The fourth-order valence-corrected chi connectivity index (χ4v) is 2.74. The number of likely N-dealkylation sites (tertiary alicyclic amines) is 1. The summed E-state index contributed by atoms with van der Waals surface area (Å²) in [5.41, 5.74) is 0. The molecule has 0 aliphatic carbocycles. The Bertz CT molecular complexity index is 135. The lowest BCUT2D eigenvalue weighted by atomic mass is 10.00. The van der Waals surface area contributed by atoms with Crippen molar-refractivity contribution in [2.75, 3.05) is 18.8 Å². The zero-order valence-electron chi connectivity index (χ0n) is 10.2. The Balaban J connectivity index is 2.30. The molecule has 1 aliphatic rings. The summed E-state index contributed by atoms with van der Waals surface area (Å²) < 4.78 is 0. The summed E-state index contributed by atoms with van der Waals surface area (Å²) in [5, 5.41) is 0. The predicted octanol–water partition coefficient (Wildman–Crippen LogP) is 3.74. The molecule has 0 aromatic carbocycles. The fourth-order valence-electron chi connectivity index (χ4n) is 2.56. The second-order valence-electron chi connectivity index (χ2n) is 4.76. The number of piperidine rings is 1. The van der Waals surface area contributed by atoms with Crippen LogP contribution < -0.4 is 0 Å². The molecule has 0 bridgehead atoms. The van der Waals surface area contributed by atoms with Crippen molar-refractivity contribution < 1.29 is 0 Å². The molecule has 0 aromatic heterocycles. The van der Waals surface area contributed by atoms with Crippen LogP contribution in [0.4, 0.5) is 0 Å². The minimum Gasteiger partial charge on any atom is -0.300 e. The molecular formula is C13H27NS. The van der Waals surface area contributed by atoms with Crippen LogP contribution >= 0.6 is 12.6 Å². The van der Waals surface area contributed by atoms with Gasteiger partial charge in [0.2, 0.25) is 0 Å². The zero-order valence-corrected chi connectivity index (χ0v) is 11.1. The van der Waals surface area contributed by atoms with Gasteiger partial charge >= 0.3 is 0 Å². The smallest absolute Gasteiger partial charge is 0.00955 e. The largest absolute Gasteiger partial charge is 0.300 e. The lowest BCUT2D eigenvalue weighted by Crippen LogP contribution is -2.39. The van der Waals surface area contributed by atoms with Gasteiger partial charge in [0.25, 0.3) is 0 Å². The maximum absolute atomic E-state index is 4.33. The van der Waals surface area contributed by atoms with Gasteiger partial charge in [0.15, 0.2) is 0 Å². The molecule has 0 saturated carbocycles. The summed E-state index contributed by atoms with van der Waals surface area (Å²) in [6.45, 7) is 4.99. The first-order valence-electron chi connectivity index (χ1n) is 6.73. The second-order valence-corrected chi connectivity index (χ2v) is 5.21. The third-order valence-electron chi connectivity index (χ3n) is 3.49. The Kier molecular flexibility index (Phi) is 7.54. The topological polar surface area (TPSA) is 3.24 Å². The van der Waals surface area contributed by atoms with Crippen molar-refractivity contribution in [3.63, 3.8) is 0 Å². The van der Waals surface area contributed by atoms with Crippen molar-refractivity contribution in [1.82, 2.24) is 4.90 Å². The lowest BCUT2D eigenvalue weighted by molar-refractivity contribution is 0.145. The van der Waals surface area contributed by atoms with Crippen LogP contribution in [0, 0.1) is 0 Å². The molecule has 2 heteroatoms. The quantitative estimate of drug-likeness (QED) is 0.651. The van der Waals surface area contributed by atoms with Gasteiger partial charge in [-0.2, -0.15) is 12.6 Å². The SMILES string of the molecule is CCCCC(CCCS)N1CCCCC1. The second kappa shape index (κ2) is 8.46. The van der Waals surface area contributed by atoms with Crippen LogP contribution in [-0.4, -0.2) is 29.8 Å². The molecule has 1 fully saturated rings. The number of unbranched alkanes of at least 4 members (excludes halogenated alkanes) is 1. The van der Waals surface area contributed by atoms with Gasteiger partial charge in [0.05, 0.1) is 0 Å². The molecule has 0 amide bonds. The van der Waals surface area contributed by atoms with Crippen LogP contribution in [0.15, 0.2) is 0 Å². The Morgan fingerprint density at radius 3 is 2.33 bits per heavy atom. The summed E-state index contributed by atoms with van der Waals surface area (Å²) in [7, 11) is 0. The summed E-state index contributed by atoms with van der Waals surface area (Å²) in [4.78, 5) is 2.74. The first-order valence-corrected chi connectivity index (χ1v) is 7.36. The molecule has 1 unspecified atom stereocenters. The number of nitrogens with zero attached hydrogens (tertiary/aromatic N) is 1. The van der Waals surface area contributed by atoms with Crippen LogP contribution in [0.3, 0.4) is 0 Å². The molecule has 1 rings (SSSR count). The molecule has 0 radical (unpaired) electrons. The molecule has 15 heavy (non-hydrogen) atoms. The molecule has 0 aromatic rings. The standard InChI is InChI=1S/C13H27NS/c1-2-3-8-13(9-7-12-15)14-10-5-4-6-11-14/h13,15H,2-12H2,1H3. The van der Waals surface area contributed by atoms with Gasteiger partial charge in [-0.05, 0) is 50.9 Å². The highest BCUT2D eigenvalue weighted by Gasteiger charge is 2.19. The fraction of sp³-hybridized carbons (Fsp3) is 1.00. The minimum atomic E-state index is 0.859. The maximum atomic E-state index is 4.33. The Morgan fingerprint density at radius 1 is 1.07 bits per heavy atom. The van der Waals surface area contributed by atoms with Gasteiger partial charge in [0, 0.05) is 6.04 Å². The third kappa shape index (κ3) is 5.26. The summed E-state index contributed by atoms with van der Waals surface area (Å²) in [5.74, 6) is 1.05. The molecule has 1 atom stereocenters. The van der Waals surface area contributed by atoms with Gasteiger partial charge in [-0.15, -0.1) is 0 Å². The van der Waals surface area contributed by atoms with Gasteiger partial charge in [-0.3, -0.25) is 0 Å². The molecule has 1 saturated heterocycles. The maximum Gasteiger partial charge on any atom is 0.00955 e. The molecule has 1 heterocycles. The highest BCUT2D eigenvalue weighted by atomic mass is 32.1. The van der Waals surface area contributed by atoms with Crippen LogP contribution in [0.25, 0.3) is 0 Å². The van der Waals surface area contributed by atoms with Gasteiger partial charge in [-0.1, -0.05) is 26.2 Å². The third-order valence-corrected chi connectivity index (χ3v) is 3.81. The number of hydrogen-bond donors (Lipinski definition) is 1. The van der Waals surface area contributed by atoms with E-state index in [0.29, 0.717) is 0 Å². The number of hydrogen-bond acceptors (Lipinski definition) is 2. The summed E-state index contributed by atoms with van der Waals surface area (Å²) >= 11 is 4.33. The van der Waals surface area contributed by atoms with Crippen LogP contribution in [0.1, 0.15) is 58.3 Å². The van der Waals surface area contributed by atoms with E-state index in [4.69, 9.17) is 0 Å².